The summed E-state index contributed by atoms with van der Waals surface area (Å²) in [4.78, 5) is 12.2. The first kappa shape index (κ1) is 19.0. The van der Waals surface area contributed by atoms with Gasteiger partial charge in [0.05, 0.1) is 16.7 Å². The van der Waals surface area contributed by atoms with Crippen molar-refractivity contribution in [1.29, 1.82) is 0 Å². The molecule has 1 atom stereocenters. The Labute approximate surface area is 177 Å². The Morgan fingerprint density at radius 2 is 1.73 bits per heavy atom. The third kappa shape index (κ3) is 3.75. The van der Waals surface area contributed by atoms with E-state index in [1.807, 2.05) is 18.2 Å². The van der Waals surface area contributed by atoms with Crippen LogP contribution in [-0.4, -0.2) is 16.5 Å². The molecule has 0 bridgehead atoms. The van der Waals surface area contributed by atoms with Gasteiger partial charge in [0.15, 0.2) is 11.6 Å². The van der Waals surface area contributed by atoms with Crippen LogP contribution in [0.25, 0.3) is 11.0 Å². The highest BCUT2D eigenvalue weighted by atomic mass is 32.2. The number of benzene rings is 3. The molecule has 4 aromatic rings. The summed E-state index contributed by atoms with van der Waals surface area (Å²) in [7, 11) is 0. The SMILES string of the molecule is Fc1ccc(C2CCN(Cc3ccc4nccnc4c3)c3ccccc3S2)cc1F. The van der Waals surface area contributed by atoms with Crippen molar-refractivity contribution in [2.24, 2.45) is 0 Å². The third-order valence-electron chi connectivity index (χ3n) is 5.36. The Bertz CT molecular complexity index is 1210. The average Bonchev–Trinajstić information content (AvgIpc) is 2.95. The van der Waals surface area contributed by atoms with E-state index in [2.05, 4.69) is 39.1 Å². The summed E-state index contributed by atoms with van der Waals surface area (Å²) in [5.41, 5.74) is 4.90. The van der Waals surface area contributed by atoms with E-state index in [1.165, 1.54) is 12.1 Å². The molecule has 6 heteroatoms. The molecule has 3 aromatic carbocycles. The number of para-hydroxylation sites is 1. The average molecular weight is 420 g/mol. The fourth-order valence-corrected chi connectivity index (χ4v) is 5.15. The van der Waals surface area contributed by atoms with Gasteiger partial charge in [0.1, 0.15) is 0 Å². The molecule has 3 nitrogen and oxygen atoms in total. The van der Waals surface area contributed by atoms with Crippen LogP contribution >= 0.6 is 11.8 Å². The summed E-state index contributed by atoms with van der Waals surface area (Å²) < 4.78 is 27.2. The molecule has 0 saturated heterocycles. The Balaban J connectivity index is 1.45. The van der Waals surface area contributed by atoms with Crippen LogP contribution in [0, 0.1) is 11.6 Å². The molecule has 0 radical (unpaired) electrons. The molecule has 0 saturated carbocycles. The van der Waals surface area contributed by atoms with Gasteiger partial charge in [-0.3, -0.25) is 9.97 Å². The molecule has 0 fully saturated rings. The first-order valence-electron chi connectivity index (χ1n) is 9.82. The van der Waals surface area contributed by atoms with Crippen LogP contribution in [0.1, 0.15) is 22.8 Å². The third-order valence-corrected chi connectivity index (χ3v) is 6.75. The largest absolute Gasteiger partial charge is 0.366 e. The number of anilines is 1. The second kappa shape index (κ2) is 8.03. The molecule has 1 aliphatic rings. The predicted molar refractivity (Wildman–Crippen MR) is 117 cm³/mol. The number of nitrogens with zero attached hydrogens (tertiary/aromatic N) is 3. The molecule has 0 aliphatic carbocycles. The lowest BCUT2D eigenvalue weighted by Gasteiger charge is -2.24. The minimum Gasteiger partial charge on any atom is -0.366 e. The number of halogens is 2. The van der Waals surface area contributed by atoms with Crippen LogP contribution < -0.4 is 4.90 Å². The van der Waals surface area contributed by atoms with Gasteiger partial charge in [0, 0.05) is 35.6 Å². The minimum absolute atomic E-state index is 0.0636. The van der Waals surface area contributed by atoms with Gasteiger partial charge >= 0.3 is 0 Å². The Morgan fingerprint density at radius 3 is 2.60 bits per heavy atom. The van der Waals surface area contributed by atoms with Crippen LogP contribution in [-0.2, 0) is 6.54 Å². The second-order valence-electron chi connectivity index (χ2n) is 7.34. The van der Waals surface area contributed by atoms with E-state index in [-0.39, 0.29) is 5.25 Å². The standard InChI is InChI=1S/C24H19F2N3S/c25-18-7-6-17(14-19(18)26)23-9-12-29(22-3-1-2-4-24(22)30-23)15-16-5-8-20-21(13-16)28-11-10-27-20/h1-8,10-11,13-14,23H,9,12,15H2. The Kier molecular flexibility index (Phi) is 5.09. The van der Waals surface area contributed by atoms with Crippen molar-refractivity contribution in [3.05, 3.63) is 95.8 Å². The van der Waals surface area contributed by atoms with Gasteiger partial charge in [-0.2, -0.15) is 0 Å². The van der Waals surface area contributed by atoms with Gasteiger partial charge in [-0.1, -0.05) is 24.3 Å². The van der Waals surface area contributed by atoms with E-state index in [4.69, 9.17) is 0 Å². The maximum Gasteiger partial charge on any atom is 0.159 e. The molecule has 150 valence electrons. The summed E-state index contributed by atoms with van der Waals surface area (Å²) in [6.45, 7) is 1.56. The van der Waals surface area contributed by atoms with Gasteiger partial charge in [0.2, 0.25) is 0 Å². The van der Waals surface area contributed by atoms with Crippen molar-refractivity contribution >= 4 is 28.5 Å². The molecule has 2 heterocycles. The van der Waals surface area contributed by atoms with Gasteiger partial charge in [-0.25, -0.2) is 8.78 Å². The van der Waals surface area contributed by atoms with Crippen molar-refractivity contribution in [3.8, 4) is 0 Å². The molecule has 0 spiro atoms. The number of hydrogen-bond acceptors (Lipinski definition) is 4. The molecule has 30 heavy (non-hydrogen) atoms. The second-order valence-corrected chi connectivity index (χ2v) is 8.58. The zero-order valence-corrected chi connectivity index (χ0v) is 16.9. The monoisotopic (exact) mass is 419 g/mol. The molecular formula is C24H19F2N3S. The molecule has 0 N–H and O–H groups in total. The lowest BCUT2D eigenvalue weighted by molar-refractivity contribution is 0.506. The fraction of sp³-hybridized carbons (Fsp3) is 0.167. The summed E-state index contributed by atoms with van der Waals surface area (Å²) >= 11 is 1.71. The highest BCUT2D eigenvalue weighted by molar-refractivity contribution is 7.99. The van der Waals surface area contributed by atoms with E-state index in [0.29, 0.717) is 0 Å². The highest BCUT2D eigenvalue weighted by Crippen LogP contribution is 2.45. The van der Waals surface area contributed by atoms with Crippen LogP contribution in [0.5, 0.6) is 0 Å². The summed E-state index contributed by atoms with van der Waals surface area (Å²) in [6.07, 6.45) is 4.23. The van der Waals surface area contributed by atoms with Crippen molar-refractivity contribution in [2.75, 3.05) is 11.4 Å². The normalized spacial score (nSPS) is 16.3. The van der Waals surface area contributed by atoms with E-state index in [0.717, 1.165) is 52.3 Å². The molecule has 1 unspecified atom stereocenters. The highest BCUT2D eigenvalue weighted by Gasteiger charge is 2.24. The first-order chi connectivity index (χ1) is 14.7. The lowest BCUT2D eigenvalue weighted by atomic mass is 10.1. The number of rotatable bonds is 3. The predicted octanol–water partition coefficient (Wildman–Crippen LogP) is 6.15. The van der Waals surface area contributed by atoms with Gasteiger partial charge in [0.25, 0.3) is 0 Å². The van der Waals surface area contributed by atoms with Crippen LogP contribution in [0.2, 0.25) is 0 Å². The molecule has 0 amide bonds. The van der Waals surface area contributed by atoms with Crippen molar-refractivity contribution in [1.82, 2.24) is 9.97 Å². The zero-order valence-electron chi connectivity index (χ0n) is 16.1. The fourth-order valence-electron chi connectivity index (χ4n) is 3.86. The first-order valence-corrected chi connectivity index (χ1v) is 10.7. The maximum absolute atomic E-state index is 13.8. The summed E-state index contributed by atoms with van der Waals surface area (Å²) in [6, 6.07) is 18.7. The number of aromatic nitrogens is 2. The van der Waals surface area contributed by atoms with E-state index in [1.54, 1.807) is 30.2 Å². The zero-order chi connectivity index (χ0) is 20.5. The number of thioether (sulfide) groups is 1. The van der Waals surface area contributed by atoms with Crippen molar-refractivity contribution in [3.63, 3.8) is 0 Å². The van der Waals surface area contributed by atoms with E-state index >= 15 is 0 Å². The number of fused-ring (bicyclic) bond motifs is 2. The quantitative estimate of drug-likeness (QED) is 0.398. The van der Waals surface area contributed by atoms with Crippen molar-refractivity contribution < 1.29 is 8.78 Å². The Hall–Kier alpha value is -2.99. The van der Waals surface area contributed by atoms with Gasteiger partial charge in [-0.15, -0.1) is 11.8 Å². The molecule has 5 rings (SSSR count). The Morgan fingerprint density at radius 1 is 0.900 bits per heavy atom. The topological polar surface area (TPSA) is 29.0 Å². The molecule has 1 aliphatic heterocycles. The summed E-state index contributed by atoms with van der Waals surface area (Å²) in [5, 5.41) is 0.0636. The van der Waals surface area contributed by atoms with Crippen LogP contribution in [0.4, 0.5) is 14.5 Å². The molecule has 1 aromatic heterocycles. The van der Waals surface area contributed by atoms with E-state index < -0.39 is 11.6 Å². The van der Waals surface area contributed by atoms with Gasteiger partial charge < -0.3 is 4.90 Å². The minimum atomic E-state index is -0.807. The van der Waals surface area contributed by atoms with Crippen molar-refractivity contribution in [2.45, 2.75) is 23.1 Å². The number of hydrogen-bond donors (Lipinski definition) is 0. The van der Waals surface area contributed by atoms with Crippen LogP contribution in [0.3, 0.4) is 0 Å². The molecular weight excluding hydrogens is 400 g/mol. The smallest absolute Gasteiger partial charge is 0.159 e. The van der Waals surface area contributed by atoms with Crippen LogP contribution in [0.15, 0.2) is 78.0 Å². The maximum atomic E-state index is 13.8. The van der Waals surface area contributed by atoms with E-state index in [9.17, 15) is 8.78 Å². The summed E-state index contributed by atoms with van der Waals surface area (Å²) in [5.74, 6) is -1.60. The van der Waals surface area contributed by atoms with Gasteiger partial charge in [-0.05, 0) is 53.9 Å². The lowest BCUT2D eigenvalue weighted by Crippen LogP contribution is -2.24.